The second-order valence-corrected chi connectivity index (χ2v) is 5.38. The van der Waals surface area contributed by atoms with Gasteiger partial charge in [-0.05, 0) is 13.3 Å². The van der Waals surface area contributed by atoms with Gasteiger partial charge in [-0.2, -0.15) is 5.10 Å². The molecule has 0 bridgehead atoms. The Hall–Kier alpha value is -1.54. The normalized spacial score (nSPS) is 28.3. The van der Waals surface area contributed by atoms with Crippen molar-refractivity contribution in [3.8, 4) is 0 Å². The Balaban J connectivity index is 1.73. The molecule has 2 aliphatic rings. The summed E-state index contributed by atoms with van der Waals surface area (Å²) < 4.78 is 21.0. The third-order valence-corrected chi connectivity index (χ3v) is 4.20. The molecule has 0 aromatic carbocycles. The molecule has 7 nitrogen and oxygen atoms in total. The van der Waals surface area contributed by atoms with Crippen molar-refractivity contribution < 1.29 is 14.1 Å². The Kier molecular flexibility index (Phi) is 3.43. The monoisotopic (exact) mass is 284 g/mol. The molecule has 0 N–H and O–H groups in total. The van der Waals surface area contributed by atoms with Crippen LogP contribution in [0.25, 0.3) is 0 Å². The van der Waals surface area contributed by atoms with Gasteiger partial charge in [0.1, 0.15) is 18.1 Å². The molecule has 8 heteroatoms. The minimum atomic E-state index is -1.07. The zero-order chi connectivity index (χ0) is 14.3. The van der Waals surface area contributed by atoms with Crippen LogP contribution >= 0.6 is 0 Å². The molecule has 2 fully saturated rings. The fourth-order valence-electron chi connectivity index (χ4n) is 2.89. The van der Waals surface area contributed by atoms with E-state index in [0.29, 0.717) is 37.9 Å². The van der Waals surface area contributed by atoms with Crippen molar-refractivity contribution in [1.82, 2.24) is 14.7 Å². The van der Waals surface area contributed by atoms with Crippen molar-refractivity contribution in [1.29, 1.82) is 0 Å². The Bertz CT molecular complexity index is 517. The number of alkyl halides is 1. The highest BCUT2D eigenvalue weighted by molar-refractivity contribution is 5.32. The van der Waals surface area contributed by atoms with E-state index in [9.17, 15) is 14.5 Å². The summed E-state index contributed by atoms with van der Waals surface area (Å²) in [5, 5.41) is 14.8. The molecule has 1 aromatic rings. The van der Waals surface area contributed by atoms with E-state index >= 15 is 0 Å². The van der Waals surface area contributed by atoms with Gasteiger partial charge >= 0.3 is 5.69 Å². The second-order valence-electron chi connectivity index (χ2n) is 5.38. The van der Waals surface area contributed by atoms with Crippen LogP contribution < -0.4 is 0 Å². The van der Waals surface area contributed by atoms with Crippen molar-refractivity contribution in [3.63, 3.8) is 0 Å². The maximum Gasteiger partial charge on any atom is 0.309 e. The van der Waals surface area contributed by atoms with Crippen molar-refractivity contribution >= 4 is 5.69 Å². The molecule has 0 saturated carbocycles. The van der Waals surface area contributed by atoms with Gasteiger partial charge in [0.05, 0.1) is 30.2 Å². The van der Waals surface area contributed by atoms with E-state index in [1.165, 1.54) is 10.9 Å². The fourth-order valence-corrected chi connectivity index (χ4v) is 2.89. The summed E-state index contributed by atoms with van der Waals surface area (Å²) in [6.45, 7) is 4.06. The van der Waals surface area contributed by atoms with Crippen molar-refractivity contribution in [2.45, 2.75) is 31.6 Å². The van der Waals surface area contributed by atoms with Crippen LogP contribution in [0.4, 0.5) is 10.1 Å². The molecular formula is C12H17FN4O3. The number of rotatable bonds is 3. The van der Waals surface area contributed by atoms with Crippen LogP contribution in [0.3, 0.4) is 0 Å². The lowest BCUT2D eigenvalue weighted by molar-refractivity contribution is -0.385. The van der Waals surface area contributed by atoms with Crippen LogP contribution in [-0.4, -0.2) is 58.1 Å². The third kappa shape index (κ3) is 2.18. The number of hydrogen-bond acceptors (Lipinski definition) is 5. The van der Waals surface area contributed by atoms with Gasteiger partial charge in [-0.25, -0.2) is 4.39 Å². The Morgan fingerprint density at radius 1 is 1.55 bits per heavy atom. The summed E-state index contributed by atoms with van der Waals surface area (Å²) >= 11 is 0. The molecule has 0 amide bonds. The van der Waals surface area contributed by atoms with E-state index in [1.54, 1.807) is 6.92 Å². The van der Waals surface area contributed by atoms with Crippen LogP contribution in [0.15, 0.2) is 6.20 Å². The Labute approximate surface area is 115 Å². The molecule has 110 valence electrons. The number of ether oxygens (including phenoxy) is 1. The van der Waals surface area contributed by atoms with Gasteiger partial charge in [-0.15, -0.1) is 0 Å². The number of likely N-dealkylation sites (tertiary alicyclic amines) is 1. The summed E-state index contributed by atoms with van der Waals surface area (Å²) in [7, 11) is 0. The molecule has 0 spiro atoms. The molecular weight excluding hydrogens is 267 g/mol. The fraction of sp³-hybridized carbons (Fsp3) is 0.750. The number of nitro groups is 1. The van der Waals surface area contributed by atoms with Gasteiger partial charge in [0.15, 0.2) is 0 Å². The van der Waals surface area contributed by atoms with E-state index in [2.05, 4.69) is 10.00 Å². The van der Waals surface area contributed by atoms with Crippen molar-refractivity contribution in [3.05, 3.63) is 22.0 Å². The van der Waals surface area contributed by atoms with Gasteiger partial charge in [0.25, 0.3) is 0 Å². The molecule has 0 aliphatic carbocycles. The SMILES string of the molecule is Cc1c([N+](=O)[O-])cnn1[C@H]1CCN(C2COC2)C[C@H]1F. The predicted octanol–water partition coefficient (Wildman–Crippen LogP) is 1.08. The number of piperidine rings is 1. The first-order chi connectivity index (χ1) is 9.58. The van der Waals surface area contributed by atoms with Crippen molar-refractivity contribution in [2.75, 3.05) is 26.3 Å². The summed E-state index contributed by atoms with van der Waals surface area (Å²) in [5.41, 5.74) is 0.370. The molecule has 1 aromatic heterocycles. The van der Waals surface area contributed by atoms with E-state index in [4.69, 9.17) is 4.74 Å². The maximum atomic E-state index is 14.4. The average molecular weight is 284 g/mol. The highest BCUT2D eigenvalue weighted by Crippen LogP contribution is 2.30. The second kappa shape index (κ2) is 5.10. The minimum absolute atomic E-state index is 0.0491. The summed E-state index contributed by atoms with van der Waals surface area (Å²) in [6.07, 6.45) is 0.744. The highest BCUT2D eigenvalue weighted by atomic mass is 19.1. The van der Waals surface area contributed by atoms with E-state index in [-0.39, 0.29) is 5.69 Å². The maximum absolute atomic E-state index is 14.4. The number of hydrogen-bond donors (Lipinski definition) is 0. The molecule has 2 saturated heterocycles. The average Bonchev–Trinajstić information content (AvgIpc) is 2.69. The summed E-state index contributed by atoms with van der Waals surface area (Å²) in [4.78, 5) is 12.4. The first-order valence-electron chi connectivity index (χ1n) is 6.72. The van der Waals surface area contributed by atoms with Crippen LogP contribution in [0, 0.1) is 17.0 Å². The van der Waals surface area contributed by atoms with Crippen LogP contribution in [0.1, 0.15) is 18.2 Å². The highest BCUT2D eigenvalue weighted by Gasteiger charge is 2.37. The molecule has 2 atom stereocenters. The number of aromatic nitrogens is 2. The minimum Gasteiger partial charge on any atom is -0.378 e. The van der Waals surface area contributed by atoms with Gasteiger partial charge in [-0.3, -0.25) is 19.7 Å². The van der Waals surface area contributed by atoms with E-state index < -0.39 is 17.1 Å². The van der Waals surface area contributed by atoms with Crippen LogP contribution in [-0.2, 0) is 4.74 Å². The van der Waals surface area contributed by atoms with Gasteiger partial charge in [0.2, 0.25) is 0 Å². The standard InChI is InChI=1S/C12H17FN4O3/c1-8-12(17(18)19)4-14-16(8)11-2-3-15(5-10(11)13)9-6-20-7-9/h4,9-11H,2-3,5-7H2,1H3/t10-,11+/m1/s1. The topological polar surface area (TPSA) is 73.4 Å². The van der Waals surface area contributed by atoms with Gasteiger partial charge < -0.3 is 4.74 Å². The lowest BCUT2D eigenvalue weighted by atomic mass is 10.0. The zero-order valence-corrected chi connectivity index (χ0v) is 11.2. The van der Waals surface area contributed by atoms with Gasteiger partial charge in [0, 0.05) is 13.1 Å². The smallest absolute Gasteiger partial charge is 0.309 e. The van der Waals surface area contributed by atoms with Crippen LogP contribution in [0.5, 0.6) is 0 Å². The molecule has 2 aliphatic heterocycles. The first kappa shape index (κ1) is 13.4. The lowest BCUT2D eigenvalue weighted by Crippen LogP contribution is -2.55. The third-order valence-electron chi connectivity index (χ3n) is 4.20. The molecule has 0 unspecified atom stereocenters. The molecule has 3 rings (SSSR count). The quantitative estimate of drug-likeness (QED) is 0.613. The van der Waals surface area contributed by atoms with E-state index in [1.807, 2.05) is 0 Å². The Morgan fingerprint density at radius 3 is 2.80 bits per heavy atom. The first-order valence-corrected chi connectivity index (χ1v) is 6.72. The van der Waals surface area contributed by atoms with E-state index in [0.717, 1.165) is 6.54 Å². The van der Waals surface area contributed by atoms with Crippen molar-refractivity contribution in [2.24, 2.45) is 0 Å². The molecule has 0 radical (unpaired) electrons. The van der Waals surface area contributed by atoms with Crippen LogP contribution in [0.2, 0.25) is 0 Å². The molecule has 3 heterocycles. The lowest BCUT2D eigenvalue weighted by Gasteiger charge is -2.42. The summed E-state index contributed by atoms with van der Waals surface area (Å²) in [5.74, 6) is 0. The largest absolute Gasteiger partial charge is 0.378 e. The van der Waals surface area contributed by atoms with Gasteiger partial charge in [-0.1, -0.05) is 0 Å². The number of halogens is 1. The Morgan fingerprint density at radius 2 is 2.30 bits per heavy atom. The predicted molar refractivity (Wildman–Crippen MR) is 68.3 cm³/mol. The number of nitrogens with zero attached hydrogens (tertiary/aromatic N) is 4. The summed E-state index contributed by atoms with van der Waals surface area (Å²) in [6, 6.07) is -0.0943. The zero-order valence-electron chi connectivity index (χ0n) is 11.2. The molecule has 20 heavy (non-hydrogen) atoms.